The van der Waals surface area contributed by atoms with Crippen LogP contribution in [-0.4, -0.2) is 37.7 Å². The lowest BCUT2D eigenvalue weighted by Crippen LogP contribution is -2.38. The molecule has 0 aliphatic heterocycles. The molecule has 0 radical (unpaired) electrons. The van der Waals surface area contributed by atoms with Crippen molar-refractivity contribution < 1.29 is 4.74 Å². The third-order valence-corrected chi connectivity index (χ3v) is 3.54. The number of guanidine groups is 1. The summed E-state index contributed by atoms with van der Waals surface area (Å²) in [6.07, 6.45) is 2.11. The van der Waals surface area contributed by atoms with E-state index in [1.165, 1.54) is 11.1 Å². The van der Waals surface area contributed by atoms with E-state index in [0.717, 1.165) is 31.4 Å². The van der Waals surface area contributed by atoms with E-state index in [2.05, 4.69) is 40.9 Å². The summed E-state index contributed by atoms with van der Waals surface area (Å²) >= 11 is 1.83. The number of nitrogens with one attached hydrogen (secondary N) is 2. The molecule has 0 aromatic heterocycles. The molecule has 2 N–H and O–H groups in total. The van der Waals surface area contributed by atoms with Gasteiger partial charge in [-0.05, 0) is 31.2 Å². The van der Waals surface area contributed by atoms with Crippen LogP contribution in [0.1, 0.15) is 25.0 Å². The SMILES string of the molecule is CCNC(=NCc1ccccc1COCC)NCCSC. The number of rotatable bonds is 9. The minimum Gasteiger partial charge on any atom is -0.377 e. The Morgan fingerprint density at radius 2 is 1.95 bits per heavy atom. The minimum absolute atomic E-state index is 0.651. The zero-order valence-corrected chi connectivity index (χ0v) is 14.1. The van der Waals surface area contributed by atoms with Gasteiger partial charge >= 0.3 is 0 Å². The summed E-state index contributed by atoms with van der Waals surface area (Å²) in [5.74, 6) is 1.95. The van der Waals surface area contributed by atoms with E-state index in [9.17, 15) is 0 Å². The predicted molar refractivity (Wildman–Crippen MR) is 93.0 cm³/mol. The van der Waals surface area contributed by atoms with Crippen LogP contribution in [0.3, 0.4) is 0 Å². The lowest BCUT2D eigenvalue weighted by molar-refractivity contribution is 0.133. The second-order valence-corrected chi connectivity index (χ2v) is 5.51. The highest BCUT2D eigenvalue weighted by molar-refractivity contribution is 7.98. The third kappa shape index (κ3) is 7.39. The minimum atomic E-state index is 0.651. The Hall–Kier alpha value is -1.20. The summed E-state index contributed by atoms with van der Waals surface area (Å²) in [5.41, 5.74) is 2.43. The molecule has 0 aliphatic carbocycles. The maximum absolute atomic E-state index is 5.51. The molecule has 118 valence electrons. The molecule has 0 spiro atoms. The molecule has 0 saturated carbocycles. The van der Waals surface area contributed by atoms with Crippen molar-refractivity contribution in [2.45, 2.75) is 27.0 Å². The van der Waals surface area contributed by atoms with Crippen molar-refractivity contribution >= 4 is 17.7 Å². The molecule has 0 atom stereocenters. The molecule has 0 saturated heterocycles. The standard InChI is InChI=1S/C16H27N3OS/c1-4-17-16(18-10-11-21-3)19-12-14-8-6-7-9-15(14)13-20-5-2/h6-9H,4-5,10-13H2,1-3H3,(H2,17,18,19). The Kier molecular flexibility index (Phi) is 9.74. The van der Waals surface area contributed by atoms with Gasteiger partial charge in [-0.1, -0.05) is 24.3 Å². The molecule has 0 amide bonds. The van der Waals surface area contributed by atoms with Crippen molar-refractivity contribution in [3.8, 4) is 0 Å². The Labute approximate surface area is 132 Å². The van der Waals surface area contributed by atoms with Crippen LogP contribution in [0, 0.1) is 0 Å². The highest BCUT2D eigenvalue weighted by Gasteiger charge is 2.02. The topological polar surface area (TPSA) is 45.7 Å². The molecule has 21 heavy (non-hydrogen) atoms. The first-order valence-electron chi connectivity index (χ1n) is 7.47. The van der Waals surface area contributed by atoms with E-state index >= 15 is 0 Å². The molecule has 4 nitrogen and oxygen atoms in total. The normalized spacial score (nSPS) is 11.5. The van der Waals surface area contributed by atoms with Crippen LogP contribution in [0.4, 0.5) is 0 Å². The number of hydrogen-bond acceptors (Lipinski definition) is 3. The molecule has 0 unspecified atom stereocenters. The quantitative estimate of drug-likeness (QED) is 0.418. The predicted octanol–water partition coefficient (Wildman–Crippen LogP) is 2.64. The Balaban J connectivity index is 2.65. The van der Waals surface area contributed by atoms with Crippen molar-refractivity contribution in [2.75, 3.05) is 31.7 Å². The van der Waals surface area contributed by atoms with E-state index in [4.69, 9.17) is 4.74 Å². The molecule has 5 heteroatoms. The van der Waals surface area contributed by atoms with Crippen molar-refractivity contribution in [1.82, 2.24) is 10.6 Å². The average Bonchev–Trinajstić information content (AvgIpc) is 2.51. The molecule has 1 aromatic carbocycles. The van der Waals surface area contributed by atoms with Gasteiger partial charge in [0.15, 0.2) is 5.96 Å². The fourth-order valence-corrected chi connectivity index (χ4v) is 2.15. The van der Waals surface area contributed by atoms with Crippen molar-refractivity contribution in [3.05, 3.63) is 35.4 Å². The van der Waals surface area contributed by atoms with Gasteiger partial charge in [-0.15, -0.1) is 0 Å². The Morgan fingerprint density at radius 3 is 2.62 bits per heavy atom. The van der Waals surface area contributed by atoms with E-state index in [1.807, 2.05) is 30.8 Å². The molecule has 1 aromatic rings. The smallest absolute Gasteiger partial charge is 0.191 e. The van der Waals surface area contributed by atoms with E-state index in [1.54, 1.807) is 0 Å². The number of thioether (sulfide) groups is 1. The van der Waals surface area contributed by atoms with E-state index < -0.39 is 0 Å². The van der Waals surface area contributed by atoms with Crippen molar-refractivity contribution in [3.63, 3.8) is 0 Å². The van der Waals surface area contributed by atoms with Crippen LogP contribution in [0.25, 0.3) is 0 Å². The van der Waals surface area contributed by atoms with Crippen LogP contribution < -0.4 is 10.6 Å². The van der Waals surface area contributed by atoms with Gasteiger partial charge in [0, 0.05) is 25.4 Å². The zero-order chi connectivity index (χ0) is 15.3. The second-order valence-electron chi connectivity index (χ2n) is 4.52. The lowest BCUT2D eigenvalue weighted by atomic mass is 10.1. The van der Waals surface area contributed by atoms with Gasteiger partial charge < -0.3 is 15.4 Å². The van der Waals surface area contributed by atoms with Gasteiger partial charge in [-0.3, -0.25) is 0 Å². The summed E-state index contributed by atoms with van der Waals surface area (Å²) in [6.45, 7) is 7.93. The van der Waals surface area contributed by atoms with E-state index in [0.29, 0.717) is 13.2 Å². The molecular formula is C16H27N3OS. The first kappa shape index (κ1) is 17.9. The molecule has 0 heterocycles. The number of nitrogens with zero attached hydrogens (tertiary/aromatic N) is 1. The molecule has 1 rings (SSSR count). The average molecular weight is 309 g/mol. The van der Waals surface area contributed by atoms with Crippen LogP contribution >= 0.6 is 11.8 Å². The summed E-state index contributed by atoms with van der Waals surface area (Å²) in [7, 11) is 0. The summed E-state index contributed by atoms with van der Waals surface area (Å²) in [5, 5.41) is 6.61. The fourth-order valence-electron chi connectivity index (χ4n) is 1.84. The number of hydrogen-bond donors (Lipinski definition) is 2. The molecule has 0 fully saturated rings. The van der Waals surface area contributed by atoms with Gasteiger partial charge in [0.2, 0.25) is 0 Å². The Bertz CT molecular complexity index is 424. The highest BCUT2D eigenvalue weighted by Crippen LogP contribution is 2.11. The number of ether oxygens (including phenoxy) is 1. The van der Waals surface area contributed by atoms with Gasteiger partial charge in [-0.25, -0.2) is 4.99 Å². The van der Waals surface area contributed by atoms with Gasteiger partial charge in [0.1, 0.15) is 0 Å². The van der Waals surface area contributed by atoms with Gasteiger partial charge in [0.05, 0.1) is 13.2 Å². The summed E-state index contributed by atoms with van der Waals surface area (Å²) in [6, 6.07) is 8.32. The van der Waals surface area contributed by atoms with Crippen LogP contribution in [0.15, 0.2) is 29.3 Å². The zero-order valence-electron chi connectivity index (χ0n) is 13.3. The highest BCUT2D eigenvalue weighted by atomic mass is 32.2. The first-order valence-corrected chi connectivity index (χ1v) is 8.86. The van der Waals surface area contributed by atoms with E-state index in [-0.39, 0.29) is 0 Å². The van der Waals surface area contributed by atoms with Crippen molar-refractivity contribution in [1.29, 1.82) is 0 Å². The van der Waals surface area contributed by atoms with Gasteiger partial charge in [0.25, 0.3) is 0 Å². The molecular weight excluding hydrogens is 282 g/mol. The van der Waals surface area contributed by atoms with Gasteiger partial charge in [-0.2, -0.15) is 11.8 Å². The number of benzene rings is 1. The maximum atomic E-state index is 5.51. The largest absolute Gasteiger partial charge is 0.377 e. The van der Waals surface area contributed by atoms with Crippen LogP contribution in [0.2, 0.25) is 0 Å². The Morgan fingerprint density at radius 1 is 1.19 bits per heavy atom. The lowest BCUT2D eigenvalue weighted by Gasteiger charge is -2.12. The fraction of sp³-hybridized carbons (Fsp3) is 0.562. The summed E-state index contributed by atoms with van der Waals surface area (Å²) in [4.78, 5) is 4.65. The number of aliphatic imine (C=N–C) groups is 1. The monoisotopic (exact) mass is 309 g/mol. The van der Waals surface area contributed by atoms with Crippen molar-refractivity contribution in [2.24, 2.45) is 4.99 Å². The summed E-state index contributed by atoms with van der Waals surface area (Å²) < 4.78 is 5.51. The molecule has 0 bridgehead atoms. The second kappa shape index (κ2) is 11.5. The molecule has 0 aliphatic rings. The van der Waals surface area contributed by atoms with Crippen LogP contribution in [-0.2, 0) is 17.9 Å². The maximum Gasteiger partial charge on any atom is 0.191 e. The van der Waals surface area contributed by atoms with Crippen LogP contribution in [0.5, 0.6) is 0 Å². The first-order chi connectivity index (χ1) is 10.3. The third-order valence-electron chi connectivity index (χ3n) is 2.93.